The van der Waals surface area contributed by atoms with Gasteiger partial charge in [-0.1, -0.05) is 139 Å². The van der Waals surface area contributed by atoms with Crippen molar-refractivity contribution in [3.05, 3.63) is 211 Å². The van der Waals surface area contributed by atoms with Crippen LogP contribution >= 0.6 is 22.6 Å². The molecule has 0 saturated heterocycles. The topological polar surface area (TPSA) is 62.7 Å². The lowest BCUT2D eigenvalue weighted by Crippen LogP contribution is -2.05. The van der Waals surface area contributed by atoms with Gasteiger partial charge in [0, 0.05) is 25.5 Å². The summed E-state index contributed by atoms with van der Waals surface area (Å²) in [6.07, 6.45) is -0.793. The van der Waals surface area contributed by atoms with Crippen LogP contribution in [0.15, 0.2) is 152 Å². The quantitative estimate of drug-likeness (QED) is 0.149. The van der Waals surface area contributed by atoms with E-state index in [0.717, 1.165) is 55.4 Å². The third-order valence-corrected chi connectivity index (χ3v) is 11.0. The maximum atomic E-state index is 6.14. The molecule has 0 bridgehead atoms. The van der Waals surface area contributed by atoms with E-state index >= 15 is 0 Å². The smallest absolute Gasteiger partial charge is 0.202 e. The molecule has 8 aromatic rings. The lowest BCUT2D eigenvalue weighted by atomic mass is 10.00. The van der Waals surface area contributed by atoms with Crippen molar-refractivity contribution in [1.82, 2.24) is 9.97 Å². The lowest BCUT2D eigenvalue weighted by molar-refractivity contribution is -0.147. The van der Waals surface area contributed by atoms with Gasteiger partial charge < -0.3 is 18.9 Å². The Kier molecular flexibility index (Phi) is 14.2. The van der Waals surface area contributed by atoms with Crippen molar-refractivity contribution in [3.63, 3.8) is 0 Å². The van der Waals surface area contributed by atoms with Crippen LogP contribution in [0.1, 0.15) is 75.9 Å². The van der Waals surface area contributed by atoms with Crippen LogP contribution in [0, 0.1) is 31.3 Å². The molecule has 0 aliphatic carbocycles. The van der Waals surface area contributed by atoms with Gasteiger partial charge in [-0.2, -0.15) is 0 Å². The number of rotatable bonds is 7. The van der Waals surface area contributed by atoms with Crippen molar-refractivity contribution in [2.45, 2.75) is 74.1 Å². The fourth-order valence-corrected chi connectivity index (χ4v) is 7.63. The first kappa shape index (κ1) is 42.8. The second-order valence-corrected chi connectivity index (χ2v) is 16.5. The summed E-state index contributed by atoms with van der Waals surface area (Å²) in [6.45, 7) is 10.5. The first-order valence-electron chi connectivity index (χ1n) is 19.9. The number of pyridine rings is 2. The maximum Gasteiger partial charge on any atom is 0.202 e. The molecule has 7 heteroatoms. The van der Waals surface area contributed by atoms with Gasteiger partial charge >= 0.3 is 0 Å². The molecule has 0 amide bonds. The summed E-state index contributed by atoms with van der Waals surface area (Å²) in [6, 6.07) is 52.5. The summed E-state index contributed by atoms with van der Waals surface area (Å²) in [5.41, 5.74) is 15.8. The van der Waals surface area contributed by atoms with Gasteiger partial charge in [0.05, 0.1) is 37.5 Å². The predicted octanol–water partition coefficient (Wildman–Crippen LogP) is 13.8. The van der Waals surface area contributed by atoms with Crippen molar-refractivity contribution in [2.75, 3.05) is 0 Å². The second-order valence-electron chi connectivity index (χ2n) is 15.2. The molecule has 60 heavy (non-hydrogen) atoms. The van der Waals surface area contributed by atoms with E-state index in [1.54, 1.807) is 0 Å². The highest BCUT2D eigenvalue weighted by molar-refractivity contribution is 14.1. The molecule has 304 valence electrons. The summed E-state index contributed by atoms with van der Waals surface area (Å²) in [4.78, 5) is 9.51. The van der Waals surface area contributed by atoms with Gasteiger partial charge in [-0.05, 0) is 115 Å². The SMILES string of the molecule is C.Cc1ccc(-c2cc(C)cc(COC3OCc4cc5ccccc5nc43)c2)cc1.Cc1ccc(I)cc1.Cc1cccc(COC2OCc3cc4ccccc4nc32)c1. The van der Waals surface area contributed by atoms with Crippen molar-refractivity contribution in [3.8, 4) is 11.1 Å². The molecule has 0 fully saturated rings. The Hall–Kier alpha value is -5.29. The minimum absolute atomic E-state index is 0. The predicted molar refractivity (Wildman–Crippen MR) is 251 cm³/mol. The number of para-hydroxylation sites is 2. The normalized spacial score (nSPS) is 14.9. The number of ether oxygens (including phenoxy) is 4. The monoisotopic (exact) mass is 906 g/mol. The molecule has 0 N–H and O–H groups in total. The molecule has 6 aromatic carbocycles. The molecule has 2 aliphatic heterocycles. The molecular weight excluding hydrogens is 855 g/mol. The molecule has 2 atom stereocenters. The number of hydrogen-bond acceptors (Lipinski definition) is 6. The highest BCUT2D eigenvalue weighted by atomic mass is 127. The van der Waals surface area contributed by atoms with Crippen molar-refractivity contribution in [1.29, 1.82) is 0 Å². The molecule has 0 radical (unpaired) electrons. The Morgan fingerprint density at radius 3 is 1.57 bits per heavy atom. The zero-order chi connectivity index (χ0) is 40.7. The first-order chi connectivity index (χ1) is 28.7. The molecule has 6 nitrogen and oxygen atoms in total. The van der Waals surface area contributed by atoms with Gasteiger partial charge in [0.2, 0.25) is 12.6 Å². The van der Waals surface area contributed by atoms with Gasteiger partial charge in [0.25, 0.3) is 0 Å². The van der Waals surface area contributed by atoms with Crippen molar-refractivity contribution < 1.29 is 18.9 Å². The zero-order valence-corrected chi connectivity index (χ0v) is 36.0. The minimum Gasteiger partial charge on any atom is -0.342 e. The standard InChI is InChI=1S/C26H23NO2.C19H17NO2.C7H7I.CH4/c1-17-7-9-20(10-8-17)22-12-18(2)11-19(13-22)15-28-26-25-23(16-29-26)14-21-5-3-4-6-24(21)27-25;1-13-5-4-6-14(9-13)11-21-19-18-16(12-22-19)10-15-7-2-3-8-17(15)20-18;1-6-2-4-7(8)5-3-6;/h3-14,26H,15-16H2,1-2H3;2-10,19H,11-12H2,1H3;2-5H,1H3;1H4. The molecule has 0 saturated carbocycles. The van der Waals surface area contributed by atoms with Gasteiger partial charge in [-0.15, -0.1) is 0 Å². The Bertz CT molecular complexity index is 2680. The molecular formula is C53H51IN2O4. The third kappa shape index (κ3) is 10.7. The van der Waals surface area contributed by atoms with Crippen LogP contribution in [0.3, 0.4) is 0 Å². The second kappa shape index (κ2) is 19.8. The summed E-state index contributed by atoms with van der Waals surface area (Å²) >= 11 is 2.30. The molecule has 2 aliphatic rings. The molecule has 10 rings (SSSR count). The Labute approximate surface area is 367 Å². The van der Waals surface area contributed by atoms with Crippen LogP contribution in [0.5, 0.6) is 0 Å². The summed E-state index contributed by atoms with van der Waals surface area (Å²) in [5.74, 6) is 0. The Morgan fingerprint density at radius 1 is 0.500 bits per heavy atom. The summed E-state index contributed by atoms with van der Waals surface area (Å²) < 4.78 is 25.0. The molecule has 4 heterocycles. The Morgan fingerprint density at radius 2 is 1.02 bits per heavy atom. The largest absolute Gasteiger partial charge is 0.342 e. The van der Waals surface area contributed by atoms with Crippen LogP contribution in [0.2, 0.25) is 0 Å². The van der Waals surface area contributed by atoms with E-state index in [0.29, 0.717) is 26.4 Å². The van der Waals surface area contributed by atoms with Gasteiger partial charge in [0.15, 0.2) is 0 Å². The van der Waals surface area contributed by atoms with E-state index in [1.807, 2.05) is 42.5 Å². The fraction of sp³-hybridized carbons (Fsp3) is 0.208. The minimum atomic E-state index is -0.419. The lowest BCUT2D eigenvalue weighted by Gasteiger charge is -2.14. The number of halogens is 1. The fourth-order valence-electron chi connectivity index (χ4n) is 7.27. The van der Waals surface area contributed by atoms with E-state index in [2.05, 4.69) is 159 Å². The molecule has 0 spiro atoms. The van der Waals surface area contributed by atoms with E-state index < -0.39 is 6.29 Å². The van der Waals surface area contributed by atoms with Gasteiger partial charge in [-0.3, -0.25) is 0 Å². The van der Waals surface area contributed by atoms with Crippen molar-refractivity contribution in [2.24, 2.45) is 0 Å². The van der Waals surface area contributed by atoms with E-state index in [-0.39, 0.29) is 13.7 Å². The van der Waals surface area contributed by atoms with E-state index in [1.165, 1.54) is 37.0 Å². The van der Waals surface area contributed by atoms with E-state index in [9.17, 15) is 0 Å². The highest BCUT2D eigenvalue weighted by Gasteiger charge is 2.27. The number of hydrogen-bond donors (Lipinski definition) is 0. The average Bonchev–Trinajstić information content (AvgIpc) is 3.84. The van der Waals surface area contributed by atoms with Crippen LogP contribution in [0.25, 0.3) is 32.9 Å². The molecule has 2 unspecified atom stereocenters. The zero-order valence-electron chi connectivity index (χ0n) is 33.8. The van der Waals surface area contributed by atoms with Crippen molar-refractivity contribution >= 4 is 44.4 Å². The third-order valence-electron chi connectivity index (χ3n) is 10.3. The average molecular weight is 907 g/mol. The first-order valence-corrected chi connectivity index (χ1v) is 21.0. The summed E-state index contributed by atoms with van der Waals surface area (Å²) in [5, 5.41) is 2.28. The number of fused-ring (bicyclic) bond motifs is 4. The maximum absolute atomic E-state index is 6.14. The molecule has 2 aromatic heterocycles. The number of aryl methyl sites for hydroxylation is 4. The summed E-state index contributed by atoms with van der Waals surface area (Å²) in [7, 11) is 0. The number of aromatic nitrogens is 2. The van der Waals surface area contributed by atoms with Crippen LogP contribution < -0.4 is 0 Å². The van der Waals surface area contributed by atoms with Crippen LogP contribution in [-0.4, -0.2) is 9.97 Å². The highest BCUT2D eigenvalue weighted by Crippen LogP contribution is 2.35. The van der Waals surface area contributed by atoms with Crippen LogP contribution in [-0.2, 0) is 45.4 Å². The Balaban J connectivity index is 0.000000155. The van der Waals surface area contributed by atoms with Gasteiger partial charge in [-0.25, -0.2) is 9.97 Å². The van der Waals surface area contributed by atoms with Gasteiger partial charge in [0.1, 0.15) is 11.4 Å². The van der Waals surface area contributed by atoms with Crippen LogP contribution in [0.4, 0.5) is 0 Å². The van der Waals surface area contributed by atoms with E-state index in [4.69, 9.17) is 28.9 Å². The number of nitrogens with zero attached hydrogens (tertiary/aromatic N) is 2. The number of benzene rings is 6.